The molecule has 2 aromatic rings. The quantitative estimate of drug-likeness (QED) is 0.508. The maximum absolute atomic E-state index is 11.6. The van der Waals surface area contributed by atoms with E-state index in [0.717, 1.165) is 0 Å². The van der Waals surface area contributed by atoms with Crippen LogP contribution in [0.3, 0.4) is 0 Å². The van der Waals surface area contributed by atoms with Gasteiger partial charge in [-0.2, -0.15) is 0 Å². The summed E-state index contributed by atoms with van der Waals surface area (Å²) in [5, 5.41) is 10.7. The number of nitro groups is 1. The van der Waals surface area contributed by atoms with Gasteiger partial charge in [-0.25, -0.2) is 9.78 Å². The van der Waals surface area contributed by atoms with Gasteiger partial charge in [0.1, 0.15) is 5.82 Å². The molecule has 0 radical (unpaired) electrons. The fourth-order valence-electron chi connectivity index (χ4n) is 1.84. The number of carbonyl (C=O) groups excluding carboxylic acids is 1. The summed E-state index contributed by atoms with van der Waals surface area (Å²) < 4.78 is 6.37. The fraction of sp³-hybridized carbons (Fsp3) is 0.231. The number of anilines is 1. The molecule has 0 aliphatic carbocycles. The van der Waals surface area contributed by atoms with Crippen LogP contribution in [0, 0.1) is 10.1 Å². The number of ether oxygens (including phenoxy) is 1. The van der Waals surface area contributed by atoms with Gasteiger partial charge in [-0.3, -0.25) is 10.1 Å². The van der Waals surface area contributed by atoms with Crippen LogP contribution < -0.4 is 5.73 Å². The molecule has 2 rings (SSSR count). The molecule has 1 aromatic heterocycles. The number of nitrogens with two attached hydrogens (primary N) is 1. The van der Waals surface area contributed by atoms with E-state index in [4.69, 9.17) is 10.5 Å². The summed E-state index contributed by atoms with van der Waals surface area (Å²) in [6.45, 7) is 2.20. The summed E-state index contributed by atoms with van der Waals surface area (Å²) in [5.74, 6) is -0.423. The molecule has 0 spiro atoms. The van der Waals surface area contributed by atoms with Crippen molar-refractivity contribution in [3.63, 3.8) is 0 Å². The maximum Gasteiger partial charge on any atom is 0.360 e. The van der Waals surface area contributed by atoms with Crippen LogP contribution in [0.5, 0.6) is 0 Å². The van der Waals surface area contributed by atoms with Crippen molar-refractivity contribution in [3.05, 3.63) is 52.0 Å². The predicted molar refractivity (Wildman–Crippen MR) is 74.8 cm³/mol. The number of benzene rings is 1. The van der Waals surface area contributed by atoms with E-state index in [2.05, 4.69) is 4.98 Å². The molecular weight excluding hydrogens is 276 g/mol. The third kappa shape index (κ3) is 3.16. The summed E-state index contributed by atoms with van der Waals surface area (Å²) in [4.78, 5) is 25.8. The van der Waals surface area contributed by atoms with Gasteiger partial charge in [0.2, 0.25) is 0 Å². The molecule has 0 aliphatic rings. The lowest BCUT2D eigenvalue weighted by Gasteiger charge is -2.06. The Morgan fingerprint density at radius 1 is 1.52 bits per heavy atom. The predicted octanol–water partition coefficient (Wildman–Crippen LogP) is 1.60. The van der Waals surface area contributed by atoms with Crippen LogP contribution in [-0.4, -0.2) is 27.1 Å². The van der Waals surface area contributed by atoms with Gasteiger partial charge in [-0.05, 0) is 12.5 Å². The molecule has 0 atom stereocenters. The number of hydrogen-bond acceptors (Lipinski definition) is 6. The summed E-state index contributed by atoms with van der Waals surface area (Å²) in [7, 11) is 0. The van der Waals surface area contributed by atoms with Crippen molar-refractivity contribution in [2.75, 3.05) is 12.3 Å². The first-order valence-electron chi connectivity index (χ1n) is 6.24. The third-order valence-electron chi connectivity index (χ3n) is 2.82. The van der Waals surface area contributed by atoms with E-state index in [9.17, 15) is 14.9 Å². The first-order chi connectivity index (χ1) is 10.0. The van der Waals surface area contributed by atoms with Crippen molar-refractivity contribution < 1.29 is 14.5 Å². The summed E-state index contributed by atoms with van der Waals surface area (Å²) in [6.07, 6.45) is 1.40. The molecule has 110 valence electrons. The standard InChI is InChI=1S/C13H14N4O4/c1-2-21-13(18)11-12(14)16(8-15-11)7-9-4-3-5-10(6-9)17(19)20/h3-6,8H,2,7,14H2,1H3. The smallest absolute Gasteiger partial charge is 0.360 e. The first-order valence-corrected chi connectivity index (χ1v) is 6.24. The van der Waals surface area contributed by atoms with Crippen LogP contribution in [0.25, 0.3) is 0 Å². The maximum atomic E-state index is 11.6. The van der Waals surface area contributed by atoms with Crippen molar-refractivity contribution in [1.82, 2.24) is 9.55 Å². The van der Waals surface area contributed by atoms with E-state index in [0.29, 0.717) is 5.56 Å². The van der Waals surface area contributed by atoms with Gasteiger partial charge >= 0.3 is 5.97 Å². The number of aromatic nitrogens is 2. The fourth-order valence-corrected chi connectivity index (χ4v) is 1.84. The van der Waals surface area contributed by atoms with Crippen LogP contribution in [0.4, 0.5) is 11.5 Å². The monoisotopic (exact) mass is 290 g/mol. The highest BCUT2D eigenvalue weighted by Crippen LogP contribution is 2.17. The van der Waals surface area contributed by atoms with Crippen LogP contribution in [-0.2, 0) is 11.3 Å². The Kier molecular flexibility index (Phi) is 4.17. The molecule has 0 saturated heterocycles. The zero-order valence-corrected chi connectivity index (χ0v) is 11.4. The molecule has 0 saturated carbocycles. The van der Waals surface area contributed by atoms with Gasteiger partial charge in [0, 0.05) is 12.1 Å². The van der Waals surface area contributed by atoms with Gasteiger partial charge in [-0.15, -0.1) is 0 Å². The Labute approximate surface area is 120 Å². The number of non-ortho nitro benzene ring substituents is 1. The van der Waals surface area contributed by atoms with E-state index in [1.807, 2.05) is 0 Å². The van der Waals surface area contributed by atoms with Crippen LogP contribution in [0.1, 0.15) is 23.0 Å². The van der Waals surface area contributed by atoms with Crippen molar-refractivity contribution in [1.29, 1.82) is 0 Å². The second-order valence-corrected chi connectivity index (χ2v) is 4.25. The third-order valence-corrected chi connectivity index (χ3v) is 2.82. The SMILES string of the molecule is CCOC(=O)c1ncn(Cc2cccc([N+](=O)[O-])c2)c1N. The molecule has 8 nitrogen and oxygen atoms in total. The van der Waals surface area contributed by atoms with Crippen molar-refractivity contribution >= 4 is 17.5 Å². The van der Waals surface area contributed by atoms with E-state index >= 15 is 0 Å². The number of rotatable bonds is 5. The van der Waals surface area contributed by atoms with E-state index in [1.165, 1.54) is 23.0 Å². The average molecular weight is 290 g/mol. The molecule has 0 amide bonds. The van der Waals surface area contributed by atoms with Crippen molar-refractivity contribution in [2.24, 2.45) is 0 Å². The minimum absolute atomic E-state index is 0.00296. The molecule has 0 bridgehead atoms. The van der Waals surface area contributed by atoms with Gasteiger partial charge in [0.25, 0.3) is 5.69 Å². The first kappa shape index (κ1) is 14.5. The highest BCUT2D eigenvalue weighted by Gasteiger charge is 2.17. The van der Waals surface area contributed by atoms with Crippen LogP contribution in [0.2, 0.25) is 0 Å². The highest BCUT2D eigenvalue weighted by atomic mass is 16.6. The Balaban J connectivity index is 2.23. The molecule has 21 heavy (non-hydrogen) atoms. The lowest BCUT2D eigenvalue weighted by Crippen LogP contribution is -2.10. The summed E-state index contributed by atoms with van der Waals surface area (Å²) >= 11 is 0. The molecule has 0 aliphatic heterocycles. The second kappa shape index (κ2) is 6.04. The minimum atomic E-state index is -0.590. The largest absolute Gasteiger partial charge is 0.461 e. The van der Waals surface area contributed by atoms with E-state index in [1.54, 1.807) is 19.1 Å². The molecule has 1 aromatic carbocycles. The van der Waals surface area contributed by atoms with E-state index in [-0.39, 0.29) is 30.4 Å². The zero-order chi connectivity index (χ0) is 15.4. The zero-order valence-electron chi connectivity index (χ0n) is 11.4. The number of nitro benzene ring substituents is 1. The van der Waals surface area contributed by atoms with Gasteiger partial charge < -0.3 is 15.0 Å². The van der Waals surface area contributed by atoms with Crippen LogP contribution >= 0.6 is 0 Å². The van der Waals surface area contributed by atoms with Crippen molar-refractivity contribution in [2.45, 2.75) is 13.5 Å². The Hall–Kier alpha value is -2.90. The second-order valence-electron chi connectivity index (χ2n) is 4.25. The number of nitrogen functional groups attached to an aromatic ring is 1. The molecule has 0 fully saturated rings. The summed E-state index contributed by atoms with van der Waals surface area (Å²) in [5.41, 5.74) is 6.57. The molecular formula is C13H14N4O4. The molecule has 2 N–H and O–H groups in total. The normalized spacial score (nSPS) is 10.3. The number of esters is 1. The molecule has 8 heteroatoms. The summed E-state index contributed by atoms with van der Waals surface area (Å²) in [6, 6.07) is 6.18. The number of carbonyl (C=O) groups is 1. The Bertz CT molecular complexity index is 681. The highest BCUT2D eigenvalue weighted by molar-refractivity contribution is 5.92. The van der Waals surface area contributed by atoms with Gasteiger partial charge in [0.15, 0.2) is 5.69 Å². The van der Waals surface area contributed by atoms with Gasteiger partial charge in [-0.1, -0.05) is 12.1 Å². The lowest BCUT2D eigenvalue weighted by molar-refractivity contribution is -0.384. The number of hydrogen-bond donors (Lipinski definition) is 1. The average Bonchev–Trinajstić information content (AvgIpc) is 2.81. The minimum Gasteiger partial charge on any atom is -0.461 e. The number of nitrogens with zero attached hydrogens (tertiary/aromatic N) is 3. The van der Waals surface area contributed by atoms with Crippen LogP contribution in [0.15, 0.2) is 30.6 Å². The number of imidazole rings is 1. The molecule has 0 unspecified atom stereocenters. The topological polar surface area (TPSA) is 113 Å². The Morgan fingerprint density at radius 3 is 2.95 bits per heavy atom. The molecule has 1 heterocycles. The van der Waals surface area contributed by atoms with Crippen molar-refractivity contribution in [3.8, 4) is 0 Å². The Morgan fingerprint density at radius 2 is 2.29 bits per heavy atom. The van der Waals surface area contributed by atoms with E-state index < -0.39 is 10.9 Å². The van der Waals surface area contributed by atoms with Gasteiger partial charge in [0.05, 0.1) is 24.4 Å². The lowest BCUT2D eigenvalue weighted by atomic mass is 10.2.